The third-order valence-corrected chi connectivity index (χ3v) is 3.04. The summed E-state index contributed by atoms with van der Waals surface area (Å²) in [5, 5.41) is 28.2. The Kier molecular flexibility index (Phi) is 3.80. The number of amides is 1. The highest BCUT2D eigenvalue weighted by atomic mass is 16.4. The molecular weight excluding hydrogens is 274 g/mol. The fourth-order valence-electron chi connectivity index (χ4n) is 1.86. The van der Waals surface area contributed by atoms with Crippen molar-refractivity contribution < 1.29 is 24.9 Å². The minimum Gasteiger partial charge on any atom is -0.507 e. The predicted molar refractivity (Wildman–Crippen MR) is 75.9 cm³/mol. The number of nitrogens with zero attached hydrogens (tertiary/aromatic N) is 1. The molecule has 2 aromatic carbocycles. The summed E-state index contributed by atoms with van der Waals surface area (Å²) in [5.41, 5.74) is 0.333. The van der Waals surface area contributed by atoms with Crippen LogP contribution in [0.2, 0.25) is 0 Å². The largest absolute Gasteiger partial charge is 0.507 e. The molecule has 0 unspecified atom stereocenters. The van der Waals surface area contributed by atoms with Gasteiger partial charge in [-0.15, -0.1) is 0 Å². The molecule has 0 radical (unpaired) electrons. The maximum absolute atomic E-state index is 12.3. The molecule has 0 fully saturated rings. The number of phenols is 2. The third kappa shape index (κ3) is 2.79. The Bertz CT molecular complexity index is 673. The van der Waals surface area contributed by atoms with Crippen LogP contribution >= 0.6 is 0 Å². The van der Waals surface area contributed by atoms with Gasteiger partial charge < -0.3 is 20.2 Å². The molecule has 0 saturated carbocycles. The highest BCUT2D eigenvalue weighted by molar-refractivity contribution is 6.09. The molecule has 0 aliphatic heterocycles. The van der Waals surface area contributed by atoms with E-state index in [0.29, 0.717) is 5.69 Å². The van der Waals surface area contributed by atoms with E-state index in [9.17, 15) is 19.8 Å². The quantitative estimate of drug-likeness (QED) is 0.802. The Balaban J connectivity index is 2.33. The SMILES string of the molecule is CN(C(=O)c1c(O)cccc1O)c1ccc(C(=O)O)cc1. The van der Waals surface area contributed by atoms with Gasteiger partial charge in [0.1, 0.15) is 17.1 Å². The lowest BCUT2D eigenvalue weighted by Crippen LogP contribution is -2.26. The second-order valence-electron chi connectivity index (χ2n) is 4.39. The molecule has 6 heteroatoms. The number of carbonyl (C=O) groups excluding carboxylic acids is 1. The van der Waals surface area contributed by atoms with Gasteiger partial charge in [-0.2, -0.15) is 0 Å². The van der Waals surface area contributed by atoms with Gasteiger partial charge in [0.15, 0.2) is 0 Å². The Morgan fingerprint density at radius 2 is 1.48 bits per heavy atom. The van der Waals surface area contributed by atoms with Crippen molar-refractivity contribution in [3.05, 3.63) is 53.6 Å². The van der Waals surface area contributed by atoms with E-state index in [1.54, 1.807) is 0 Å². The van der Waals surface area contributed by atoms with E-state index < -0.39 is 11.9 Å². The van der Waals surface area contributed by atoms with Crippen LogP contribution in [0.4, 0.5) is 5.69 Å². The van der Waals surface area contributed by atoms with Crippen molar-refractivity contribution in [3.8, 4) is 11.5 Å². The maximum atomic E-state index is 12.3. The zero-order valence-electron chi connectivity index (χ0n) is 11.1. The first kappa shape index (κ1) is 14.4. The summed E-state index contributed by atoms with van der Waals surface area (Å²) >= 11 is 0. The monoisotopic (exact) mass is 287 g/mol. The van der Waals surface area contributed by atoms with Crippen LogP contribution in [-0.4, -0.2) is 34.2 Å². The molecule has 2 rings (SSSR count). The van der Waals surface area contributed by atoms with E-state index >= 15 is 0 Å². The first-order chi connectivity index (χ1) is 9.91. The number of aromatic carboxylic acids is 1. The van der Waals surface area contributed by atoms with Crippen molar-refractivity contribution in [2.75, 3.05) is 11.9 Å². The number of hydrogen-bond donors (Lipinski definition) is 3. The van der Waals surface area contributed by atoms with Gasteiger partial charge in [0.05, 0.1) is 5.56 Å². The van der Waals surface area contributed by atoms with Crippen molar-refractivity contribution in [3.63, 3.8) is 0 Å². The van der Waals surface area contributed by atoms with Gasteiger partial charge in [-0.25, -0.2) is 4.79 Å². The van der Waals surface area contributed by atoms with Gasteiger partial charge in [0.2, 0.25) is 0 Å². The second kappa shape index (κ2) is 5.54. The van der Waals surface area contributed by atoms with Gasteiger partial charge >= 0.3 is 5.97 Å². The van der Waals surface area contributed by atoms with Crippen LogP contribution in [0.15, 0.2) is 42.5 Å². The number of benzene rings is 2. The summed E-state index contributed by atoms with van der Waals surface area (Å²) < 4.78 is 0. The van der Waals surface area contributed by atoms with Gasteiger partial charge in [0, 0.05) is 12.7 Å². The lowest BCUT2D eigenvalue weighted by Gasteiger charge is -2.18. The first-order valence-electron chi connectivity index (χ1n) is 6.04. The Labute approximate surface area is 120 Å². The molecule has 3 N–H and O–H groups in total. The van der Waals surface area contributed by atoms with E-state index in [4.69, 9.17) is 5.11 Å². The number of hydrogen-bond acceptors (Lipinski definition) is 4. The molecule has 0 bridgehead atoms. The fourth-order valence-corrected chi connectivity index (χ4v) is 1.86. The summed E-state index contributed by atoms with van der Waals surface area (Å²) in [6, 6.07) is 9.70. The first-order valence-corrected chi connectivity index (χ1v) is 6.04. The van der Waals surface area contributed by atoms with Gasteiger partial charge in [-0.05, 0) is 36.4 Å². The van der Waals surface area contributed by atoms with E-state index in [-0.39, 0.29) is 22.6 Å². The predicted octanol–water partition coefficient (Wildman–Crippen LogP) is 2.07. The normalized spacial score (nSPS) is 10.1. The average molecular weight is 287 g/mol. The number of rotatable bonds is 3. The molecule has 21 heavy (non-hydrogen) atoms. The summed E-state index contributed by atoms with van der Waals surface area (Å²) in [5.74, 6) is -2.31. The summed E-state index contributed by atoms with van der Waals surface area (Å²) in [7, 11) is 1.46. The van der Waals surface area contributed by atoms with Crippen LogP contribution in [0, 0.1) is 0 Å². The molecule has 0 aliphatic carbocycles. The smallest absolute Gasteiger partial charge is 0.335 e. The minimum absolute atomic E-state index is 0.102. The number of carboxylic acid groups (broad SMARTS) is 1. The number of carbonyl (C=O) groups is 2. The summed E-state index contributed by atoms with van der Waals surface area (Å²) in [4.78, 5) is 24.3. The Hall–Kier alpha value is -3.02. The lowest BCUT2D eigenvalue weighted by molar-refractivity contribution is 0.0696. The van der Waals surface area contributed by atoms with Gasteiger partial charge in [-0.1, -0.05) is 6.07 Å². The van der Waals surface area contributed by atoms with Crippen LogP contribution in [0.5, 0.6) is 11.5 Å². The standard InChI is InChI=1S/C15H13NO5/c1-16(10-7-5-9(6-8-10)15(20)21)14(19)13-11(17)3-2-4-12(13)18/h2-8,17-18H,1H3,(H,20,21). The minimum atomic E-state index is -1.06. The van der Waals surface area contributed by atoms with Crippen molar-refractivity contribution in [2.45, 2.75) is 0 Å². The van der Waals surface area contributed by atoms with Crippen LogP contribution in [0.25, 0.3) is 0 Å². The van der Waals surface area contributed by atoms with E-state index in [0.717, 1.165) is 0 Å². The Morgan fingerprint density at radius 3 is 1.95 bits per heavy atom. The van der Waals surface area contributed by atoms with Crippen LogP contribution in [0.3, 0.4) is 0 Å². The molecule has 0 aromatic heterocycles. The third-order valence-electron chi connectivity index (χ3n) is 3.04. The summed E-state index contributed by atoms with van der Waals surface area (Å²) in [6.45, 7) is 0. The second-order valence-corrected chi connectivity index (χ2v) is 4.39. The van der Waals surface area contributed by atoms with Crippen molar-refractivity contribution in [2.24, 2.45) is 0 Å². The van der Waals surface area contributed by atoms with Crippen LogP contribution in [0.1, 0.15) is 20.7 Å². The maximum Gasteiger partial charge on any atom is 0.335 e. The van der Waals surface area contributed by atoms with Crippen molar-refractivity contribution in [1.82, 2.24) is 0 Å². The number of phenolic OH excluding ortho intramolecular Hbond substituents is 2. The van der Waals surface area contributed by atoms with E-state index in [1.165, 1.54) is 54.4 Å². The van der Waals surface area contributed by atoms with Crippen molar-refractivity contribution >= 4 is 17.6 Å². The molecule has 6 nitrogen and oxygen atoms in total. The topological polar surface area (TPSA) is 98.1 Å². The molecule has 0 atom stereocenters. The molecule has 1 amide bonds. The van der Waals surface area contributed by atoms with Crippen molar-refractivity contribution in [1.29, 1.82) is 0 Å². The lowest BCUT2D eigenvalue weighted by atomic mass is 10.1. The Morgan fingerprint density at radius 1 is 0.952 bits per heavy atom. The van der Waals surface area contributed by atoms with Crippen LogP contribution < -0.4 is 4.90 Å². The van der Waals surface area contributed by atoms with E-state index in [1.807, 2.05) is 0 Å². The number of anilines is 1. The fraction of sp³-hybridized carbons (Fsp3) is 0.0667. The molecule has 0 saturated heterocycles. The average Bonchev–Trinajstić information content (AvgIpc) is 2.46. The zero-order valence-corrected chi connectivity index (χ0v) is 11.1. The molecule has 0 spiro atoms. The molecule has 0 heterocycles. The molecule has 0 aliphatic rings. The number of aromatic hydroxyl groups is 2. The number of carboxylic acids is 1. The molecule has 2 aromatic rings. The van der Waals surface area contributed by atoms with Crippen LogP contribution in [-0.2, 0) is 0 Å². The highest BCUT2D eigenvalue weighted by Crippen LogP contribution is 2.29. The highest BCUT2D eigenvalue weighted by Gasteiger charge is 2.21. The molecular formula is C15H13NO5. The van der Waals surface area contributed by atoms with Gasteiger partial charge in [0.25, 0.3) is 5.91 Å². The van der Waals surface area contributed by atoms with E-state index in [2.05, 4.69) is 0 Å². The summed E-state index contributed by atoms with van der Waals surface area (Å²) in [6.07, 6.45) is 0. The van der Waals surface area contributed by atoms with Gasteiger partial charge in [-0.3, -0.25) is 4.79 Å². The molecule has 108 valence electrons. The zero-order chi connectivity index (χ0) is 15.6.